The number of hydrogen-bond donors (Lipinski definition) is 2. The first-order chi connectivity index (χ1) is 20.5. The predicted octanol–water partition coefficient (Wildman–Crippen LogP) is 3.76. The van der Waals surface area contributed by atoms with Crippen LogP contribution in [0.4, 0.5) is 0 Å². The molecular weight excluding hydrogens is 571 g/mol. The summed E-state index contributed by atoms with van der Waals surface area (Å²) in [5, 5.41) is 21.3. The van der Waals surface area contributed by atoms with Crippen molar-refractivity contribution in [2.45, 2.75) is 38.6 Å². The number of methoxy groups -OCH3 is 1. The van der Waals surface area contributed by atoms with Crippen LogP contribution in [0.3, 0.4) is 0 Å². The van der Waals surface area contributed by atoms with Gasteiger partial charge in [0.05, 0.1) is 7.11 Å². The third-order valence-electron chi connectivity index (χ3n) is 8.44. The molecule has 0 unspecified atom stereocenters. The number of thiophene rings is 1. The van der Waals surface area contributed by atoms with Crippen LogP contribution in [-0.2, 0) is 13.0 Å². The molecule has 2 fully saturated rings. The molecule has 0 radical (unpaired) electrons. The summed E-state index contributed by atoms with van der Waals surface area (Å²) in [6.45, 7) is 6.55. The van der Waals surface area contributed by atoms with E-state index in [0.717, 1.165) is 76.7 Å². The molecule has 3 heterocycles. The molecule has 9 heteroatoms. The summed E-state index contributed by atoms with van der Waals surface area (Å²) < 4.78 is 12.7. The average molecular weight is 611 g/mol. The number of hydrogen-bond acceptors (Lipinski definition) is 7. The standard InChI is InChI=1S/C34H38N2O5S.Na.H/c1-40-31-19-23(6-7-25(31)22-36-14-4-5-15-36)18-28-27-10-9-26(37)21-32(27)42-33(28)24-8-11-30(29(20-24)34(38)39)41-17-16-35-12-2-3-13-35;;/h6-11,19-21,37H,2-5,12-18,22H2,1H3,(H,38,39);;/q;+1;-1. The Kier molecular flexibility index (Phi) is 10.7. The first-order valence-corrected chi connectivity index (χ1v) is 15.7. The minimum atomic E-state index is -1.01. The summed E-state index contributed by atoms with van der Waals surface area (Å²) in [6, 6.07) is 17.4. The van der Waals surface area contributed by atoms with E-state index in [0.29, 0.717) is 18.8 Å². The molecule has 0 atom stereocenters. The van der Waals surface area contributed by atoms with Crippen LogP contribution in [0.2, 0.25) is 0 Å². The molecule has 2 saturated heterocycles. The van der Waals surface area contributed by atoms with Gasteiger partial charge in [-0.05, 0) is 123 Å². The molecule has 222 valence electrons. The van der Waals surface area contributed by atoms with Crippen molar-refractivity contribution in [3.05, 3.63) is 76.9 Å². The fraction of sp³-hybridized carbons (Fsp3) is 0.382. The molecule has 0 amide bonds. The van der Waals surface area contributed by atoms with Crippen molar-refractivity contribution in [2.75, 3.05) is 46.4 Å². The minimum absolute atomic E-state index is 0. The summed E-state index contributed by atoms with van der Waals surface area (Å²) in [4.78, 5) is 18.1. The molecule has 43 heavy (non-hydrogen) atoms. The van der Waals surface area contributed by atoms with Gasteiger partial charge in [0.25, 0.3) is 0 Å². The first-order valence-electron chi connectivity index (χ1n) is 14.8. The topological polar surface area (TPSA) is 82.5 Å². The predicted molar refractivity (Wildman–Crippen MR) is 168 cm³/mol. The number of nitrogens with zero attached hydrogens (tertiary/aromatic N) is 2. The van der Waals surface area contributed by atoms with E-state index in [-0.39, 0.29) is 42.3 Å². The van der Waals surface area contributed by atoms with E-state index in [1.165, 1.54) is 31.2 Å². The van der Waals surface area contributed by atoms with Gasteiger partial charge in [-0.25, -0.2) is 4.79 Å². The molecule has 2 N–H and O–H groups in total. The van der Waals surface area contributed by atoms with Crippen LogP contribution in [0.1, 0.15) is 54.2 Å². The molecule has 3 aromatic carbocycles. The van der Waals surface area contributed by atoms with E-state index in [2.05, 4.69) is 28.0 Å². The van der Waals surface area contributed by atoms with Crippen LogP contribution in [-0.4, -0.2) is 72.4 Å². The Morgan fingerprint density at radius 1 is 0.930 bits per heavy atom. The van der Waals surface area contributed by atoms with Gasteiger partial charge >= 0.3 is 35.5 Å². The van der Waals surface area contributed by atoms with E-state index < -0.39 is 5.97 Å². The van der Waals surface area contributed by atoms with Crippen molar-refractivity contribution >= 4 is 27.4 Å². The Labute approximate surface area is 280 Å². The van der Waals surface area contributed by atoms with E-state index in [4.69, 9.17) is 9.47 Å². The number of ether oxygens (including phenoxy) is 2. The summed E-state index contributed by atoms with van der Waals surface area (Å²) in [7, 11) is 1.73. The largest absolute Gasteiger partial charge is 1.00 e. The second-order valence-corrected chi connectivity index (χ2v) is 12.4. The average Bonchev–Trinajstić information content (AvgIpc) is 3.76. The minimum Gasteiger partial charge on any atom is -1.00 e. The van der Waals surface area contributed by atoms with Crippen LogP contribution >= 0.6 is 11.3 Å². The number of fused-ring (bicyclic) bond motifs is 1. The van der Waals surface area contributed by atoms with E-state index >= 15 is 0 Å². The van der Waals surface area contributed by atoms with Gasteiger partial charge in [0, 0.05) is 28.2 Å². The Balaban J connectivity index is 0.00000221. The number of rotatable bonds is 11. The fourth-order valence-electron chi connectivity index (χ4n) is 6.22. The quantitative estimate of drug-likeness (QED) is 0.251. The number of carbonyl (C=O) groups is 1. The molecule has 6 rings (SSSR count). The van der Waals surface area contributed by atoms with Crippen molar-refractivity contribution in [3.8, 4) is 27.7 Å². The fourth-order valence-corrected chi connectivity index (χ4v) is 7.47. The molecule has 0 saturated carbocycles. The molecular formula is C34H39N2NaO5S. The summed E-state index contributed by atoms with van der Waals surface area (Å²) in [5.41, 5.74) is 4.39. The Morgan fingerprint density at radius 2 is 1.67 bits per heavy atom. The number of likely N-dealkylation sites (tertiary alicyclic amines) is 2. The molecule has 0 aliphatic carbocycles. The summed E-state index contributed by atoms with van der Waals surface area (Å²) >= 11 is 1.57. The molecule has 2 aliphatic rings. The van der Waals surface area contributed by atoms with Crippen molar-refractivity contribution in [1.29, 1.82) is 0 Å². The van der Waals surface area contributed by atoms with Gasteiger partial charge in [-0.2, -0.15) is 0 Å². The Bertz CT molecular complexity index is 1580. The first kappa shape index (κ1) is 31.8. The van der Waals surface area contributed by atoms with Gasteiger partial charge in [-0.1, -0.05) is 12.1 Å². The monoisotopic (exact) mass is 610 g/mol. The Morgan fingerprint density at radius 3 is 2.40 bits per heavy atom. The van der Waals surface area contributed by atoms with Crippen LogP contribution < -0.4 is 39.0 Å². The zero-order chi connectivity index (χ0) is 29.1. The van der Waals surface area contributed by atoms with Gasteiger partial charge in [0.1, 0.15) is 29.4 Å². The van der Waals surface area contributed by atoms with Crippen molar-refractivity contribution in [2.24, 2.45) is 0 Å². The third-order valence-corrected chi connectivity index (χ3v) is 9.68. The van der Waals surface area contributed by atoms with Crippen LogP contribution in [0, 0.1) is 0 Å². The van der Waals surface area contributed by atoms with E-state index in [1.54, 1.807) is 42.7 Å². The second-order valence-electron chi connectivity index (χ2n) is 11.3. The SMILES string of the molecule is COc1cc(Cc2c(-c3ccc(OCCN4CCCC4)c(C(=O)O)c3)sc3cc(O)ccc23)ccc1CN1CCCC1.[H-].[Na+]. The van der Waals surface area contributed by atoms with Crippen molar-refractivity contribution in [3.63, 3.8) is 0 Å². The summed E-state index contributed by atoms with van der Waals surface area (Å²) in [6.07, 6.45) is 5.56. The maximum Gasteiger partial charge on any atom is 1.00 e. The van der Waals surface area contributed by atoms with E-state index in [9.17, 15) is 15.0 Å². The van der Waals surface area contributed by atoms with Gasteiger partial charge < -0.3 is 21.1 Å². The number of carboxylic acid groups (broad SMARTS) is 1. The van der Waals surface area contributed by atoms with E-state index in [1.807, 2.05) is 12.1 Å². The molecule has 0 spiro atoms. The number of aromatic carboxylic acids is 1. The maximum absolute atomic E-state index is 12.3. The summed E-state index contributed by atoms with van der Waals surface area (Å²) in [5.74, 6) is 0.486. The van der Waals surface area contributed by atoms with Crippen molar-refractivity contribution < 1.29 is 55.5 Å². The molecule has 7 nitrogen and oxygen atoms in total. The number of phenols is 1. The normalized spacial score (nSPS) is 15.6. The van der Waals surface area contributed by atoms with Crippen LogP contribution in [0.15, 0.2) is 54.6 Å². The molecule has 1 aromatic heterocycles. The third kappa shape index (κ3) is 7.39. The van der Waals surface area contributed by atoms with Crippen LogP contribution in [0.5, 0.6) is 17.2 Å². The molecule has 4 aromatic rings. The Hall–Kier alpha value is -2.59. The number of benzene rings is 3. The maximum atomic E-state index is 12.3. The molecule has 0 bridgehead atoms. The molecule has 2 aliphatic heterocycles. The number of aromatic hydroxyl groups is 1. The van der Waals surface area contributed by atoms with Gasteiger partial charge in [-0.15, -0.1) is 11.3 Å². The smallest absolute Gasteiger partial charge is 1.00 e. The second kappa shape index (κ2) is 14.5. The van der Waals surface area contributed by atoms with Crippen molar-refractivity contribution in [1.82, 2.24) is 9.80 Å². The number of carboxylic acids is 1. The van der Waals surface area contributed by atoms with Crippen LogP contribution in [0.25, 0.3) is 20.5 Å². The van der Waals surface area contributed by atoms with Gasteiger partial charge in [-0.3, -0.25) is 9.80 Å². The van der Waals surface area contributed by atoms with Gasteiger partial charge in [0.2, 0.25) is 0 Å². The number of phenolic OH excluding ortho intramolecular Hbond substituents is 1. The zero-order valence-corrected chi connectivity index (χ0v) is 27.9. The van der Waals surface area contributed by atoms with Gasteiger partial charge in [0.15, 0.2) is 0 Å². The zero-order valence-electron chi connectivity index (χ0n) is 26.1.